The van der Waals surface area contributed by atoms with Gasteiger partial charge < -0.3 is 25.0 Å². The number of methoxy groups -OCH3 is 1. The zero-order valence-corrected chi connectivity index (χ0v) is 19.6. The highest BCUT2D eigenvalue weighted by Crippen LogP contribution is 2.23. The summed E-state index contributed by atoms with van der Waals surface area (Å²) in [4.78, 5) is 9.21. The number of nitrogens with one attached hydrogen (secondary N) is 2. The van der Waals surface area contributed by atoms with E-state index in [2.05, 4.69) is 65.5 Å². The van der Waals surface area contributed by atoms with Gasteiger partial charge in [0.15, 0.2) is 5.96 Å². The van der Waals surface area contributed by atoms with E-state index >= 15 is 0 Å². The van der Waals surface area contributed by atoms with Gasteiger partial charge in [0.05, 0.1) is 26.4 Å². The number of ether oxygens (including phenoxy) is 2. The lowest BCUT2D eigenvalue weighted by Gasteiger charge is -2.35. The van der Waals surface area contributed by atoms with Crippen LogP contribution in [0.25, 0.3) is 0 Å². The Morgan fingerprint density at radius 2 is 1.77 bits per heavy atom. The van der Waals surface area contributed by atoms with Crippen LogP contribution in [0.5, 0.6) is 5.75 Å². The van der Waals surface area contributed by atoms with Crippen LogP contribution in [-0.4, -0.2) is 89.4 Å². The smallest absolute Gasteiger partial charge is 0.191 e. The Balaban J connectivity index is 2.01. The monoisotopic (exact) mass is 419 g/mol. The van der Waals surface area contributed by atoms with Crippen molar-refractivity contribution in [1.82, 2.24) is 20.4 Å². The number of hydrogen-bond donors (Lipinski definition) is 2. The average molecular weight is 420 g/mol. The third-order valence-corrected chi connectivity index (χ3v) is 5.65. The number of hydrogen-bond acceptors (Lipinski definition) is 5. The van der Waals surface area contributed by atoms with Crippen LogP contribution in [0.4, 0.5) is 0 Å². The molecule has 0 radical (unpaired) electrons. The van der Waals surface area contributed by atoms with E-state index in [4.69, 9.17) is 9.47 Å². The highest BCUT2D eigenvalue weighted by atomic mass is 16.5. The average Bonchev–Trinajstić information content (AvgIpc) is 2.75. The maximum atomic E-state index is 5.57. The van der Waals surface area contributed by atoms with Crippen molar-refractivity contribution in [2.24, 2.45) is 10.9 Å². The highest BCUT2D eigenvalue weighted by Gasteiger charge is 2.23. The molecule has 7 heteroatoms. The first-order chi connectivity index (χ1) is 14.4. The van der Waals surface area contributed by atoms with E-state index in [1.165, 1.54) is 5.56 Å². The maximum Gasteiger partial charge on any atom is 0.191 e. The third-order valence-electron chi connectivity index (χ3n) is 5.65. The van der Waals surface area contributed by atoms with Gasteiger partial charge in [0.2, 0.25) is 0 Å². The standard InChI is InChI=1S/C23H41N5O2/c1-18(2)15-20(27(4)5)16-25-23(24-3)26-17-22(28-11-13-30-14-12-28)19-7-9-21(29-6)10-8-19/h7-10,18,20,22H,11-17H2,1-6H3,(H2,24,25,26). The van der Waals surface area contributed by atoms with Gasteiger partial charge in [0.25, 0.3) is 0 Å². The normalized spacial score (nSPS) is 17.8. The van der Waals surface area contributed by atoms with Crippen molar-refractivity contribution < 1.29 is 9.47 Å². The van der Waals surface area contributed by atoms with Crippen molar-refractivity contribution >= 4 is 5.96 Å². The predicted octanol–water partition coefficient (Wildman–Crippen LogP) is 2.21. The van der Waals surface area contributed by atoms with Gasteiger partial charge in [-0.2, -0.15) is 0 Å². The molecular weight excluding hydrogens is 378 g/mol. The van der Waals surface area contributed by atoms with Crippen molar-refractivity contribution in [2.75, 3.05) is 67.6 Å². The fourth-order valence-electron chi connectivity index (χ4n) is 3.82. The molecule has 30 heavy (non-hydrogen) atoms. The van der Waals surface area contributed by atoms with Gasteiger partial charge in [-0.05, 0) is 44.1 Å². The van der Waals surface area contributed by atoms with E-state index in [0.717, 1.165) is 57.5 Å². The maximum absolute atomic E-state index is 5.57. The zero-order chi connectivity index (χ0) is 21.9. The zero-order valence-electron chi connectivity index (χ0n) is 19.6. The van der Waals surface area contributed by atoms with Crippen molar-refractivity contribution in [2.45, 2.75) is 32.4 Å². The summed E-state index contributed by atoms with van der Waals surface area (Å²) in [5.41, 5.74) is 1.27. The minimum absolute atomic E-state index is 0.249. The molecule has 1 aromatic rings. The van der Waals surface area contributed by atoms with Crippen LogP contribution in [0.2, 0.25) is 0 Å². The molecule has 170 valence electrons. The van der Waals surface area contributed by atoms with Crippen molar-refractivity contribution in [3.8, 4) is 5.75 Å². The summed E-state index contributed by atoms with van der Waals surface area (Å²) >= 11 is 0. The number of benzene rings is 1. The summed E-state index contributed by atoms with van der Waals surface area (Å²) in [6.07, 6.45) is 1.15. The second kappa shape index (κ2) is 12.8. The van der Waals surface area contributed by atoms with Gasteiger partial charge in [-0.25, -0.2) is 0 Å². The lowest BCUT2D eigenvalue weighted by molar-refractivity contribution is 0.0170. The van der Waals surface area contributed by atoms with Crippen LogP contribution in [0.15, 0.2) is 29.3 Å². The van der Waals surface area contributed by atoms with Gasteiger partial charge in [0.1, 0.15) is 5.75 Å². The minimum atomic E-state index is 0.249. The van der Waals surface area contributed by atoms with E-state index in [-0.39, 0.29) is 6.04 Å². The fourth-order valence-corrected chi connectivity index (χ4v) is 3.82. The Bertz CT molecular complexity index is 627. The number of rotatable bonds is 10. The highest BCUT2D eigenvalue weighted by molar-refractivity contribution is 5.79. The topological polar surface area (TPSA) is 61.4 Å². The van der Waals surface area contributed by atoms with Crippen LogP contribution >= 0.6 is 0 Å². The van der Waals surface area contributed by atoms with Gasteiger partial charge in [-0.15, -0.1) is 0 Å². The summed E-state index contributed by atoms with van der Waals surface area (Å²) < 4.78 is 10.9. The first-order valence-electron chi connectivity index (χ1n) is 11.0. The van der Waals surface area contributed by atoms with Crippen LogP contribution in [0.1, 0.15) is 31.9 Å². The minimum Gasteiger partial charge on any atom is -0.497 e. The van der Waals surface area contributed by atoms with Gasteiger partial charge >= 0.3 is 0 Å². The third kappa shape index (κ3) is 7.78. The van der Waals surface area contributed by atoms with Gasteiger partial charge in [-0.3, -0.25) is 9.89 Å². The number of nitrogens with zero attached hydrogens (tertiary/aromatic N) is 3. The van der Waals surface area contributed by atoms with Crippen LogP contribution in [-0.2, 0) is 4.74 Å². The molecule has 1 aliphatic rings. The predicted molar refractivity (Wildman–Crippen MR) is 124 cm³/mol. The Kier molecular flexibility index (Phi) is 10.4. The number of guanidine groups is 1. The largest absolute Gasteiger partial charge is 0.497 e. The molecule has 0 bridgehead atoms. The molecule has 1 heterocycles. The summed E-state index contributed by atoms with van der Waals surface area (Å²) in [6, 6.07) is 9.09. The molecule has 1 aromatic carbocycles. The van der Waals surface area contributed by atoms with E-state index in [1.807, 2.05) is 19.2 Å². The van der Waals surface area contributed by atoms with Gasteiger partial charge in [-0.1, -0.05) is 26.0 Å². The molecule has 0 amide bonds. The molecule has 1 aliphatic heterocycles. The van der Waals surface area contributed by atoms with Crippen LogP contribution in [0, 0.1) is 5.92 Å². The van der Waals surface area contributed by atoms with E-state index in [0.29, 0.717) is 12.0 Å². The Labute approximate surface area is 182 Å². The fraction of sp³-hybridized carbons (Fsp3) is 0.696. The molecule has 2 unspecified atom stereocenters. The molecule has 0 saturated carbocycles. The van der Waals surface area contributed by atoms with E-state index in [1.54, 1.807) is 7.11 Å². The van der Waals surface area contributed by atoms with Crippen LogP contribution < -0.4 is 15.4 Å². The molecule has 7 nitrogen and oxygen atoms in total. The molecule has 2 N–H and O–H groups in total. The molecule has 2 rings (SSSR count). The Morgan fingerprint density at radius 1 is 1.13 bits per heavy atom. The molecule has 2 atom stereocenters. The summed E-state index contributed by atoms with van der Waals surface area (Å²) in [5.74, 6) is 2.39. The summed E-state index contributed by atoms with van der Waals surface area (Å²) in [6.45, 7) is 9.61. The lowest BCUT2D eigenvalue weighted by atomic mass is 10.0. The lowest BCUT2D eigenvalue weighted by Crippen LogP contribution is -2.48. The van der Waals surface area contributed by atoms with Crippen molar-refractivity contribution in [3.05, 3.63) is 29.8 Å². The molecular formula is C23H41N5O2. The summed E-state index contributed by atoms with van der Waals surface area (Å²) in [5, 5.41) is 7.07. The Morgan fingerprint density at radius 3 is 2.30 bits per heavy atom. The van der Waals surface area contributed by atoms with Crippen molar-refractivity contribution in [1.29, 1.82) is 0 Å². The molecule has 0 spiro atoms. The SMILES string of the molecule is CN=C(NCC(CC(C)C)N(C)C)NCC(c1ccc(OC)cc1)N1CCOCC1. The molecule has 0 aromatic heterocycles. The first kappa shape index (κ1) is 24.4. The van der Waals surface area contributed by atoms with Gasteiger partial charge in [0, 0.05) is 39.3 Å². The first-order valence-corrected chi connectivity index (χ1v) is 11.0. The number of likely N-dealkylation sites (N-methyl/N-ethyl adjacent to an activating group) is 1. The number of aliphatic imine (C=N–C) groups is 1. The summed E-state index contributed by atoms with van der Waals surface area (Å²) in [7, 11) is 7.82. The quantitative estimate of drug-likeness (QED) is 0.448. The number of morpholine rings is 1. The Hall–Kier alpha value is -1.83. The van der Waals surface area contributed by atoms with Crippen molar-refractivity contribution in [3.63, 3.8) is 0 Å². The van der Waals surface area contributed by atoms with E-state index < -0.39 is 0 Å². The molecule has 0 aliphatic carbocycles. The molecule has 1 fully saturated rings. The molecule has 1 saturated heterocycles. The second-order valence-electron chi connectivity index (χ2n) is 8.52. The second-order valence-corrected chi connectivity index (χ2v) is 8.52. The van der Waals surface area contributed by atoms with Crippen LogP contribution in [0.3, 0.4) is 0 Å². The van der Waals surface area contributed by atoms with E-state index in [9.17, 15) is 0 Å².